The zero-order valence-corrected chi connectivity index (χ0v) is 17.7. The fourth-order valence-electron chi connectivity index (χ4n) is 3.07. The number of aliphatic imine (C=N–C) groups is 1. The normalized spacial score (nSPS) is 12.2. The third-order valence-electron chi connectivity index (χ3n) is 4.38. The van der Waals surface area contributed by atoms with Crippen LogP contribution in [0.25, 0.3) is 11.0 Å². The number of hydrogen-bond donors (Lipinski definition) is 3. The second kappa shape index (κ2) is 9.45. The summed E-state index contributed by atoms with van der Waals surface area (Å²) in [5, 5.41) is 6.74. The highest BCUT2D eigenvalue weighted by atomic mass is 16.5. The van der Waals surface area contributed by atoms with Crippen LogP contribution in [0.15, 0.2) is 53.5 Å². The van der Waals surface area contributed by atoms with Crippen molar-refractivity contribution in [2.75, 3.05) is 13.6 Å². The summed E-state index contributed by atoms with van der Waals surface area (Å²) < 4.78 is 6.06. The average molecular weight is 394 g/mol. The zero-order chi connectivity index (χ0) is 20.7. The molecule has 0 spiro atoms. The van der Waals surface area contributed by atoms with Crippen LogP contribution in [0.5, 0.6) is 5.75 Å². The average Bonchev–Trinajstić information content (AvgIpc) is 3.10. The summed E-state index contributed by atoms with van der Waals surface area (Å²) in [7, 11) is 1.78. The minimum Gasteiger partial charge on any atom is -0.488 e. The van der Waals surface area contributed by atoms with E-state index >= 15 is 0 Å². The molecular formula is C23H31N5O. The van der Waals surface area contributed by atoms with E-state index in [4.69, 9.17) is 4.74 Å². The molecule has 3 N–H and O–H groups in total. The summed E-state index contributed by atoms with van der Waals surface area (Å²) in [6, 6.07) is 16.2. The van der Waals surface area contributed by atoms with Crippen LogP contribution in [-0.4, -0.2) is 35.1 Å². The van der Waals surface area contributed by atoms with Crippen LogP contribution in [-0.2, 0) is 13.0 Å². The number of hydrogen-bond acceptors (Lipinski definition) is 3. The first kappa shape index (κ1) is 20.7. The van der Waals surface area contributed by atoms with Gasteiger partial charge >= 0.3 is 0 Å². The first-order valence-electron chi connectivity index (χ1n) is 10.1. The molecule has 0 atom stereocenters. The van der Waals surface area contributed by atoms with Gasteiger partial charge in [-0.25, -0.2) is 4.98 Å². The van der Waals surface area contributed by atoms with Crippen molar-refractivity contribution in [1.82, 2.24) is 20.6 Å². The highest BCUT2D eigenvalue weighted by molar-refractivity contribution is 5.79. The molecule has 1 aromatic heterocycles. The highest BCUT2D eigenvalue weighted by Gasteiger charge is 2.14. The Morgan fingerprint density at radius 1 is 1.07 bits per heavy atom. The van der Waals surface area contributed by atoms with Gasteiger partial charge in [0, 0.05) is 32.1 Å². The molecule has 1 heterocycles. The monoisotopic (exact) mass is 393 g/mol. The summed E-state index contributed by atoms with van der Waals surface area (Å²) in [6.45, 7) is 7.63. The van der Waals surface area contributed by atoms with E-state index in [0.29, 0.717) is 6.54 Å². The standard InChI is InChI=1S/C23H31N5O/c1-23(2,3)29-20-13-8-5-10-17(20)16-26-22(24-4)25-15-9-14-21-27-18-11-6-7-12-19(18)28-21/h5-8,10-13H,9,14-16H2,1-4H3,(H,27,28)(H2,24,25,26). The molecule has 0 amide bonds. The van der Waals surface area contributed by atoms with Crippen molar-refractivity contribution < 1.29 is 4.74 Å². The zero-order valence-electron chi connectivity index (χ0n) is 17.7. The van der Waals surface area contributed by atoms with E-state index in [2.05, 4.69) is 58.5 Å². The fraction of sp³-hybridized carbons (Fsp3) is 0.391. The molecule has 29 heavy (non-hydrogen) atoms. The van der Waals surface area contributed by atoms with Crippen LogP contribution >= 0.6 is 0 Å². The van der Waals surface area contributed by atoms with Crippen molar-refractivity contribution >= 4 is 17.0 Å². The van der Waals surface area contributed by atoms with Crippen LogP contribution < -0.4 is 15.4 Å². The lowest BCUT2D eigenvalue weighted by atomic mass is 10.1. The maximum atomic E-state index is 6.06. The summed E-state index contributed by atoms with van der Waals surface area (Å²) in [5.41, 5.74) is 2.98. The van der Waals surface area contributed by atoms with Gasteiger partial charge in [0.2, 0.25) is 0 Å². The van der Waals surface area contributed by atoms with Crippen molar-refractivity contribution in [2.45, 2.75) is 45.8 Å². The molecule has 0 unspecified atom stereocenters. The Bertz CT molecular complexity index is 922. The lowest BCUT2D eigenvalue weighted by molar-refractivity contribution is 0.129. The van der Waals surface area contributed by atoms with Gasteiger partial charge in [0.1, 0.15) is 17.2 Å². The minimum absolute atomic E-state index is 0.229. The Labute approximate surface area is 172 Å². The lowest BCUT2D eigenvalue weighted by Gasteiger charge is -2.23. The number of nitrogens with one attached hydrogen (secondary N) is 3. The van der Waals surface area contributed by atoms with Gasteiger partial charge in [-0.05, 0) is 45.4 Å². The van der Waals surface area contributed by atoms with Gasteiger partial charge in [0.15, 0.2) is 5.96 Å². The number of nitrogens with zero attached hydrogens (tertiary/aromatic N) is 2. The maximum absolute atomic E-state index is 6.06. The van der Waals surface area contributed by atoms with E-state index in [1.807, 2.05) is 36.4 Å². The molecule has 6 heteroatoms. The van der Waals surface area contributed by atoms with Crippen molar-refractivity contribution in [3.8, 4) is 5.75 Å². The van der Waals surface area contributed by atoms with Gasteiger partial charge in [-0.15, -0.1) is 0 Å². The number of guanidine groups is 1. The van der Waals surface area contributed by atoms with Crippen LogP contribution in [0.1, 0.15) is 38.6 Å². The summed E-state index contributed by atoms with van der Waals surface area (Å²) in [6.07, 6.45) is 1.85. The Morgan fingerprint density at radius 3 is 2.59 bits per heavy atom. The molecule has 3 aromatic rings. The van der Waals surface area contributed by atoms with Crippen LogP contribution in [0.2, 0.25) is 0 Å². The van der Waals surface area contributed by atoms with E-state index < -0.39 is 0 Å². The van der Waals surface area contributed by atoms with Crippen LogP contribution in [0, 0.1) is 0 Å². The van der Waals surface area contributed by atoms with Crippen molar-refractivity contribution in [2.24, 2.45) is 4.99 Å². The molecular weight excluding hydrogens is 362 g/mol. The second-order valence-corrected chi connectivity index (χ2v) is 7.98. The second-order valence-electron chi connectivity index (χ2n) is 7.98. The predicted molar refractivity (Wildman–Crippen MR) is 119 cm³/mol. The van der Waals surface area contributed by atoms with Crippen molar-refractivity contribution in [3.05, 3.63) is 59.9 Å². The number of aromatic amines is 1. The molecule has 0 bridgehead atoms. The van der Waals surface area contributed by atoms with Gasteiger partial charge in [-0.3, -0.25) is 4.99 Å². The molecule has 0 aliphatic carbocycles. The number of imidazole rings is 1. The molecule has 2 aromatic carbocycles. The maximum Gasteiger partial charge on any atom is 0.191 e. The largest absolute Gasteiger partial charge is 0.488 e. The summed E-state index contributed by atoms with van der Waals surface area (Å²) in [5.74, 6) is 2.69. The molecule has 0 saturated carbocycles. The Balaban J connectivity index is 1.46. The van der Waals surface area contributed by atoms with Crippen LogP contribution in [0.4, 0.5) is 0 Å². The van der Waals surface area contributed by atoms with Gasteiger partial charge < -0.3 is 20.4 Å². The molecule has 0 radical (unpaired) electrons. The fourth-order valence-corrected chi connectivity index (χ4v) is 3.07. The first-order chi connectivity index (χ1) is 13.9. The molecule has 0 fully saturated rings. The first-order valence-corrected chi connectivity index (χ1v) is 10.1. The molecule has 6 nitrogen and oxygen atoms in total. The topological polar surface area (TPSA) is 74.3 Å². The number of ether oxygens (including phenoxy) is 1. The number of benzene rings is 2. The number of H-pyrrole nitrogens is 1. The Morgan fingerprint density at radius 2 is 1.83 bits per heavy atom. The van der Waals surface area contributed by atoms with E-state index in [1.54, 1.807) is 7.05 Å². The molecule has 3 rings (SSSR count). The molecule has 154 valence electrons. The molecule has 0 saturated heterocycles. The number of aryl methyl sites for hydroxylation is 1. The van der Waals surface area contributed by atoms with E-state index in [9.17, 15) is 0 Å². The summed E-state index contributed by atoms with van der Waals surface area (Å²) >= 11 is 0. The van der Waals surface area contributed by atoms with E-state index in [1.165, 1.54) is 0 Å². The lowest BCUT2D eigenvalue weighted by Crippen LogP contribution is -2.37. The highest BCUT2D eigenvalue weighted by Crippen LogP contribution is 2.22. The quantitative estimate of drug-likeness (QED) is 0.322. The number of fused-ring (bicyclic) bond motifs is 1. The third-order valence-corrected chi connectivity index (χ3v) is 4.38. The van der Waals surface area contributed by atoms with E-state index in [0.717, 1.165) is 53.5 Å². The summed E-state index contributed by atoms with van der Waals surface area (Å²) in [4.78, 5) is 12.3. The Kier molecular flexibility index (Phi) is 6.75. The number of para-hydroxylation sites is 3. The Hall–Kier alpha value is -3.02. The van der Waals surface area contributed by atoms with Crippen LogP contribution in [0.3, 0.4) is 0 Å². The van der Waals surface area contributed by atoms with Gasteiger partial charge in [-0.2, -0.15) is 0 Å². The SMILES string of the molecule is CN=C(NCCCc1nc2ccccc2[nH]1)NCc1ccccc1OC(C)(C)C. The smallest absolute Gasteiger partial charge is 0.191 e. The van der Waals surface area contributed by atoms with Gasteiger partial charge in [-0.1, -0.05) is 30.3 Å². The number of rotatable bonds is 7. The van der Waals surface area contributed by atoms with Crippen molar-refractivity contribution in [3.63, 3.8) is 0 Å². The minimum atomic E-state index is -0.229. The number of aromatic nitrogens is 2. The van der Waals surface area contributed by atoms with E-state index in [-0.39, 0.29) is 5.60 Å². The molecule has 0 aliphatic heterocycles. The van der Waals surface area contributed by atoms with Gasteiger partial charge in [0.25, 0.3) is 0 Å². The van der Waals surface area contributed by atoms with Crippen molar-refractivity contribution in [1.29, 1.82) is 0 Å². The molecule has 0 aliphatic rings. The predicted octanol–water partition coefficient (Wildman–Crippen LogP) is 4.04. The van der Waals surface area contributed by atoms with Gasteiger partial charge in [0.05, 0.1) is 11.0 Å². The third kappa shape index (κ3) is 6.24.